The minimum absolute atomic E-state index is 0.240. The minimum Gasteiger partial charge on any atom is -0.322 e. The second-order valence-electron chi connectivity index (χ2n) is 7.47. The molecular formula is C26H22FN3O. The first-order chi connectivity index (χ1) is 15.0. The first-order valence-electron chi connectivity index (χ1n) is 10.1. The summed E-state index contributed by atoms with van der Waals surface area (Å²) >= 11 is 0. The van der Waals surface area contributed by atoms with Gasteiger partial charge in [-0.2, -0.15) is 0 Å². The van der Waals surface area contributed by atoms with Crippen molar-refractivity contribution in [1.82, 2.24) is 9.97 Å². The topological polar surface area (TPSA) is 54.9 Å². The van der Waals surface area contributed by atoms with E-state index in [-0.39, 0.29) is 11.7 Å². The Bertz CT molecular complexity index is 1210. The molecule has 0 fully saturated rings. The number of hydrogen-bond acceptors (Lipinski definition) is 3. The van der Waals surface area contributed by atoms with Gasteiger partial charge in [-0.25, -0.2) is 14.4 Å². The number of benzene rings is 3. The lowest BCUT2D eigenvalue weighted by Crippen LogP contribution is -2.12. The van der Waals surface area contributed by atoms with Crippen LogP contribution in [0.25, 0.3) is 0 Å². The molecule has 1 N–H and O–H groups in total. The van der Waals surface area contributed by atoms with Gasteiger partial charge in [0.2, 0.25) is 0 Å². The fourth-order valence-corrected chi connectivity index (χ4v) is 3.40. The highest BCUT2D eigenvalue weighted by Gasteiger charge is 2.09. The molecule has 0 radical (unpaired) electrons. The van der Waals surface area contributed by atoms with E-state index in [4.69, 9.17) is 4.98 Å². The van der Waals surface area contributed by atoms with Gasteiger partial charge in [-0.15, -0.1) is 0 Å². The first-order valence-corrected chi connectivity index (χ1v) is 10.1. The molecule has 3 aromatic carbocycles. The molecule has 154 valence electrons. The maximum atomic E-state index is 13.1. The quantitative estimate of drug-likeness (QED) is 0.465. The van der Waals surface area contributed by atoms with Crippen LogP contribution in [0.1, 0.15) is 38.6 Å². The second-order valence-corrected chi connectivity index (χ2v) is 7.47. The number of amides is 1. The maximum Gasteiger partial charge on any atom is 0.255 e. The third kappa shape index (κ3) is 5.60. The number of carbonyl (C=O) groups is 1. The van der Waals surface area contributed by atoms with E-state index in [9.17, 15) is 9.18 Å². The molecule has 0 aliphatic rings. The third-order valence-corrected chi connectivity index (χ3v) is 4.88. The molecule has 0 bridgehead atoms. The number of anilines is 1. The number of halogens is 1. The van der Waals surface area contributed by atoms with E-state index in [0.29, 0.717) is 24.1 Å². The van der Waals surface area contributed by atoms with Gasteiger partial charge in [-0.1, -0.05) is 42.0 Å². The van der Waals surface area contributed by atoms with Crippen LogP contribution in [-0.2, 0) is 12.8 Å². The van der Waals surface area contributed by atoms with Gasteiger partial charge in [-0.3, -0.25) is 4.79 Å². The van der Waals surface area contributed by atoms with E-state index in [1.54, 1.807) is 12.3 Å². The number of rotatable bonds is 6. The SMILES string of the molecule is Cc1cccc(Cc2nccc(Cc3cccc(C(=O)Nc4ccc(F)cc4)c3)n2)c1. The summed E-state index contributed by atoms with van der Waals surface area (Å²) < 4.78 is 13.1. The van der Waals surface area contributed by atoms with E-state index < -0.39 is 0 Å². The summed E-state index contributed by atoms with van der Waals surface area (Å²) in [7, 11) is 0. The Morgan fingerprint density at radius 2 is 1.65 bits per heavy atom. The number of nitrogens with one attached hydrogen (secondary N) is 1. The smallest absolute Gasteiger partial charge is 0.255 e. The van der Waals surface area contributed by atoms with Crippen LogP contribution in [0.2, 0.25) is 0 Å². The number of aryl methyl sites for hydroxylation is 1. The largest absolute Gasteiger partial charge is 0.322 e. The lowest BCUT2D eigenvalue weighted by molar-refractivity contribution is 0.102. The number of carbonyl (C=O) groups excluding carboxylic acids is 1. The van der Waals surface area contributed by atoms with Crippen molar-refractivity contribution >= 4 is 11.6 Å². The fourth-order valence-electron chi connectivity index (χ4n) is 3.40. The zero-order valence-corrected chi connectivity index (χ0v) is 17.2. The van der Waals surface area contributed by atoms with Gasteiger partial charge in [0, 0.05) is 36.0 Å². The number of nitrogens with zero attached hydrogens (tertiary/aromatic N) is 2. The lowest BCUT2D eigenvalue weighted by atomic mass is 10.1. The molecular weight excluding hydrogens is 389 g/mol. The van der Waals surface area contributed by atoms with Crippen LogP contribution < -0.4 is 5.32 Å². The van der Waals surface area contributed by atoms with Crippen molar-refractivity contribution in [1.29, 1.82) is 0 Å². The normalized spacial score (nSPS) is 10.6. The predicted octanol–water partition coefficient (Wildman–Crippen LogP) is 5.36. The third-order valence-electron chi connectivity index (χ3n) is 4.88. The van der Waals surface area contributed by atoms with Crippen LogP contribution in [0.5, 0.6) is 0 Å². The van der Waals surface area contributed by atoms with E-state index >= 15 is 0 Å². The number of hydrogen-bond donors (Lipinski definition) is 1. The summed E-state index contributed by atoms with van der Waals surface area (Å²) in [4.78, 5) is 21.7. The van der Waals surface area contributed by atoms with Crippen LogP contribution >= 0.6 is 0 Å². The number of aromatic nitrogens is 2. The van der Waals surface area contributed by atoms with E-state index in [1.165, 1.54) is 35.4 Å². The van der Waals surface area contributed by atoms with Gasteiger partial charge in [0.05, 0.1) is 0 Å². The highest BCUT2D eigenvalue weighted by atomic mass is 19.1. The molecule has 0 saturated carbocycles. The Morgan fingerprint density at radius 1 is 0.903 bits per heavy atom. The molecule has 5 heteroatoms. The molecule has 4 rings (SSSR count). The minimum atomic E-state index is -0.341. The molecule has 31 heavy (non-hydrogen) atoms. The first kappa shape index (κ1) is 20.4. The fraction of sp³-hybridized carbons (Fsp3) is 0.115. The second kappa shape index (κ2) is 9.30. The highest BCUT2D eigenvalue weighted by Crippen LogP contribution is 2.15. The summed E-state index contributed by atoms with van der Waals surface area (Å²) in [5.74, 6) is 0.191. The molecule has 0 atom stereocenters. The molecule has 0 spiro atoms. The average Bonchev–Trinajstić information content (AvgIpc) is 2.76. The standard InChI is InChI=1S/C26H22FN3O/c1-18-4-2-5-19(14-18)17-25-28-13-12-24(29-25)16-20-6-3-7-21(15-20)26(31)30-23-10-8-22(27)9-11-23/h2-15H,16-17H2,1H3,(H,30,31). The van der Waals surface area contributed by atoms with Gasteiger partial charge in [0.25, 0.3) is 5.91 Å². The Balaban J connectivity index is 1.46. The summed E-state index contributed by atoms with van der Waals surface area (Å²) in [6.45, 7) is 2.07. The molecule has 0 aliphatic carbocycles. The molecule has 0 unspecified atom stereocenters. The Hall–Kier alpha value is -3.86. The van der Waals surface area contributed by atoms with Crippen molar-refractivity contribution in [2.75, 3.05) is 5.32 Å². The molecule has 1 aromatic heterocycles. The summed E-state index contributed by atoms with van der Waals surface area (Å²) in [5.41, 5.74) is 5.35. The summed E-state index contributed by atoms with van der Waals surface area (Å²) in [5, 5.41) is 2.79. The van der Waals surface area contributed by atoms with Crippen molar-refractivity contribution < 1.29 is 9.18 Å². The van der Waals surface area contributed by atoms with Crippen molar-refractivity contribution in [2.45, 2.75) is 19.8 Å². The molecule has 0 aliphatic heterocycles. The van der Waals surface area contributed by atoms with Crippen LogP contribution in [0.3, 0.4) is 0 Å². The van der Waals surface area contributed by atoms with E-state index in [2.05, 4.69) is 35.4 Å². The molecule has 1 heterocycles. The molecule has 4 nitrogen and oxygen atoms in total. The van der Waals surface area contributed by atoms with Crippen molar-refractivity contribution in [2.24, 2.45) is 0 Å². The molecule has 1 amide bonds. The van der Waals surface area contributed by atoms with E-state index in [1.807, 2.05) is 30.3 Å². The summed E-state index contributed by atoms with van der Waals surface area (Å²) in [6.07, 6.45) is 3.05. The van der Waals surface area contributed by atoms with Gasteiger partial charge in [0.15, 0.2) is 0 Å². The van der Waals surface area contributed by atoms with Gasteiger partial charge in [0.1, 0.15) is 11.6 Å². The monoisotopic (exact) mass is 411 g/mol. The maximum absolute atomic E-state index is 13.1. The highest BCUT2D eigenvalue weighted by molar-refractivity contribution is 6.04. The van der Waals surface area contributed by atoms with Gasteiger partial charge < -0.3 is 5.32 Å². The Labute approximate surface area is 180 Å². The van der Waals surface area contributed by atoms with Crippen LogP contribution in [0.4, 0.5) is 10.1 Å². The zero-order chi connectivity index (χ0) is 21.6. The van der Waals surface area contributed by atoms with Crippen LogP contribution in [-0.4, -0.2) is 15.9 Å². The Morgan fingerprint density at radius 3 is 2.42 bits per heavy atom. The van der Waals surface area contributed by atoms with Gasteiger partial charge in [-0.05, 0) is 60.5 Å². The van der Waals surface area contributed by atoms with E-state index in [0.717, 1.165) is 17.1 Å². The van der Waals surface area contributed by atoms with Crippen molar-refractivity contribution in [3.05, 3.63) is 125 Å². The predicted molar refractivity (Wildman–Crippen MR) is 120 cm³/mol. The van der Waals surface area contributed by atoms with Crippen molar-refractivity contribution in [3.8, 4) is 0 Å². The van der Waals surface area contributed by atoms with Gasteiger partial charge >= 0.3 is 0 Å². The molecule has 4 aromatic rings. The van der Waals surface area contributed by atoms with Crippen LogP contribution in [0, 0.1) is 12.7 Å². The summed E-state index contributed by atoms with van der Waals surface area (Å²) in [6, 6.07) is 23.3. The molecule has 0 saturated heterocycles. The van der Waals surface area contributed by atoms with Crippen molar-refractivity contribution in [3.63, 3.8) is 0 Å². The zero-order valence-electron chi connectivity index (χ0n) is 17.2. The lowest BCUT2D eigenvalue weighted by Gasteiger charge is -2.08. The van der Waals surface area contributed by atoms with Crippen LogP contribution in [0.15, 0.2) is 85.1 Å². The Kier molecular flexibility index (Phi) is 6.13. The average molecular weight is 411 g/mol.